The van der Waals surface area contributed by atoms with Crippen LogP contribution in [0.2, 0.25) is 0 Å². The van der Waals surface area contributed by atoms with Crippen molar-refractivity contribution in [3.8, 4) is 11.4 Å². The van der Waals surface area contributed by atoms with E-state index in [1.807, 2.05) is 11.8 Å². The van der Waals surface area contributed by atoms with Crippen molar-refractivity contribution in [3.05, 3.63) is 95.1 Å². The molecule has 0 fully saturated rings. The Morgan fingerprint density at radius 1 is 0.944 bits per heavy atom. The Bertz CT molecular complexity index is 1420. The Balaban J connectivity index is 1.56. The topological polar surface area (TPSA) is 16.4 Å². The van der Waals surface area contributed by atoms with E-state index < -0.39 is 0 Å². The highest BCUT2D eigenvalue weighted by Crippen LogP contribution is 2.45. The summed E-state index contributed by atoms with van der Waals surface area (Å²) < 4.78 is 9.50. The second-order valence-corrected chi connectivity index (χ2v) is 11.5. The molecule has 0 unspecified atom stereocenters. The van der Waals surface area contributed by atoms with Crippen LogP contribution >= 0.6 is 11.8 Å². The van der Waals surface area contributed by atoms with Gasteiger partial charge in [0.25, 0.3) is 0 Å². The first kappa shape index (κ1) is 24.4. The number of fused-ring (bicyclic) bond motifs is 2. The number of aryl methyl sites for hydroxylation is 1. The Hall–Kier alpha value is -3.28. The van der Waals surface area contributed by atoms with Gasteiger partial charge in [-0.3, -0.25) is 0 Å². The number of anilines is 1. The minimum Gasteiger partial charge on any atom is -0.493 e. The predicted octanol–water partition coefficient (Wildman–Crippen LogP) is 6.44. The fraction of sp³-hybridized carbons (Fsp3) is 0.258. The normalized spacial score (nSPS) is 14.5. The molecule has 1 aliphatic heterocycles. The first-order valence-electron chi connectivity index (χ1n) is 12.5. The average molecular weight is 498 g/mol. The first-order valence-corrected chi connectivity index (χ1v) is 13.3. The minimum atomic E-state index is 0.717. The molecule has 0 atom stereocenters. The molecule has 0 N–H and O–H groups in total. The van der Waals surface area contributed by atoms with Crippen molar-refractivity contribution in [1.29, 1.82) is 0 Å². The van der Waals surface area contributed by atoms with E-state index in [9.17, 15) is 0 Å². The molecule has 5 heteroatoms. The third-order valence-corrected chi connectivity index (χ3v) is 7.71. The van der Waals surface area contributed by atoms with Crippen LogP contribution in [-0.2, 0) is 0 Å². The van der Waals surface area contributed by atoms with Crippen LogP contribution in [0.3, 0.4) is 0 Å². The molecule has 36 heavy (non-hydrogen) atoms. The first-order chi connectivity index (χ1) is 17.3. The van der Waals surface area contributed by atoms with Crippen LogP contribution in [0.4, 0.5) is 5.69 Å². The lowest BCUT2D eigenvalue weighted by atomic mass is 10.1. The summed E-state index contributed by atoms with van der Waals surface area (Å²) in [5, 5.41) is 2.44. The summed E-state index contributed by atoms with van der Waals surface area (Å²) in [7, 11) is 8.80. The number of hydrogen-bond acceptors (Lipinski definition) is 3. The van der Waals surface area contributed by atoms with Crippen LogP contribution in [0, 0.1) is 6.92 Å². The van der Waals surface area contributed by atoms with Crippen molar-refractivity contribution < 1.29 is 13.8 Å². The van der Waals surface area contributed by atoms with Crippen molar-refractivity contribution >= 4 is 34.4 Å². The summed E-state index contributed by atoms with van der Waals surface area (Å²) in [5.74, 6) is 0.914. The summed E-state index contributed by atoms with van der Waals surface area (Å²) in [6.45, 7) is 3.99. The molecule has 5 rings (SSSR count). The third kappa shape index (κ3) is 5.13. The second kappa shape index (κ2) is 10.00. The summed E-state index contributed by atoms with van der Waals surface area (Å²) in [6, 6.07) is 28.0. The minimum absolute atomic E-state index is 0.717. The van der Waals surface area contributed by atoms with Gasteiger partial charge in [0.2, 0.25) is 11.2 Å². The molecular weight excluding hydrogens is 462 g/mol. The van der Waals surface area contributed by atoms with Gasteiger partial charge in [0, 0.05) is 43.5 Å². The third-order valence-electron chi connectivity index (χ3n) is 6.55. The number of benzene rings is 3. The molecule has 4 nitrogen and oxygen atoms in total. The lowest BCUT2D eigenvalue weighted by Crippen LogP contribution is -2.36. The van der Waals surface area contributed by atoms with Crippen LogP contribution in [0.15, 0.2) is 88.8 Å². The molecule has 4 aromatic rings. The number of aromatic nitrogens is 1. The van der Waals surface area contributed by atoms with Crippen LogP contribution in [0.5, 0.6) is 5.75 Å². The van der Waals surface area contributed by atoms with Gasteiger partial charge in [-0.05, 0) is 35.9 Å². The number of thioether (sulfide) groups is 1. The number of para-hydroxylation sites is 2. The van der Waals surface area contributed by atoms with Crippen molar-refractivity contribution in [3.63, 3.8) is 0 Å². The van der Waals surface area contributed by atoms with Crippen molar-refractivity contribution in [2.24, 2.45) is 0 Å². The molecule has 1 aliphatic rings. The molecule has 0 saturated carbocycles. The average Bonchev–Trinajstić information content (AvgIpc) is 3.17. The van der Waals surface area contributed by atoms with Gasteiger partial charge in [0.15, 0.2) is 5.69 Å². The Morgan fingerprint density at radius 3 is 2.44 bits per heavy atom. The van der Waals surface area contributed by atoms with E-state index >= 15 is 0 Å². The number of nitrogens with zero attached hydrogens (tertiary/aromatic N) is 3. The van der Waals surface area contributed by atoms with Crippen molar-refractivity contribution in [1.82, 2.24) is 0 Å². The van der Waals surface area contributed by atoms with E-state index in [4.69, 9.17) is 4.74 Å². The van der Waals surface area contributed by atoms with E-state index in [0.29, 0.717) is 0 Å². The SMILES string of the molecule is Cc1cc(C=C2Sc3ccccc3N2C)c2ccc(OCCC[N+](C)(C)C)cc2[n+]1-c1ccccc1. The fourth-order valence-electron chi connectivity index (χ4n) is 4.74. The molecule has 0 saturated heterocycles. The molecule has 0 amide bonds. The van der Waals surface area contributed by atoms with E-state index in [0.717, 1.165) is 41.0 Å². The Morgan fingerprint density at radius 2 is 1.69 bits per heavy atom. The molecule has 0 bridgehead atoms. The van der Waals surface area contributed by atoms with E-state index in [1.54, 1.807) is 0 Å². The van der Waals surface area contributed by atoms with Gasteiger partial charge in [-0.25, -0.2) is 0 Å². The second-order valence-electron chi connectivity index (χ2n) is 10.4. The molecule has 3 aromatic carbocycles. The van der Waals surface area contributed by atoms with Gasteiger partial charge in [0.1, 0.15) is 5.75 Å². The maximum atomic E-state index is 6.22. The van der Waals surface area contributed by atoms with Crippen molar-refractivity contribution in [2.45, 2.75) is 18.2 Å². The zero-order valence-corrected chi connectivity index (χ0v) is 22.7. The fourth-order valence-corrected chi connectivity index (χ4v) is 5.84. The summed E-state index contributed by atoms with van der Waals surface area (Å²) in [4.78, 5) is 3.58. The largest absolute Gasteiger partial charge is 0.493 e. The zero-order chi connectivity index (χ0) is 25.3. The van der Waals surface area contributed by atoms with Crippen LogP contribution in [-0.4, -0.2) is 45.8 Å². The van der Waals surface area contributed by atoms with Crippen molar-refractivity contribution in [2.75, 3.05) is 46.2 Å². The molecule has 1 aromatic heterocycles. The van der Waals surface area contributed by atoms with Gasteiger partial charge in [-0.1, -0.05) is 42.1 Å². The Kier molecular flexibility index (Phi) is 6.78. The monoisotopic (exact) mass is 497 g/mol. The molecular formula is C31H35N3OS+2. The van der Waals surface area contributed by atoms with Gasteiger partial charge in [0.05, 0.1) is 56.5 Å². The molecule has 184 valence electrons. The molecule has 2 heterocycles. The quantitative estimate of drug-likeness (QED) is 0.166. The van der Waals surface area contributed by atoms with Gasteiger partial charge in [-0.15, -0.1) is 0 Å². The van der Waals surface area contributed by atoms with Gasteiger partial charge < -0.3 is 14.1 Å². The highest BCUT2D eigenvalue weighted by atomic mass is 32.2. The number of rotatable bonds is 7. The van der Waals surface area contributed by atoms with E-state index in [2.05, 4.69) is 130 Å². The van der Waals surface area contributed by atoms with Gasteiger partial charge >= 0.3 is 0 Å². The summed E-state index contributed by atoms with van der Waals surface area (Å²) in [6.07, 6.45) is 3.34. The van der Waals surface area contributed by atoms with E-state index in [-0.39, 0.29) is 0 Å². The predicted molar refractivity (Wildman–Crippen MR) is 152 cm³/mol. The van der Waals surface area contributed by atoms with Gasteiger partial charge in [-0.2, -0.15) is 4.57 Å². The summed E-state index contributed by atoms with van der Waals surface area (Å²) >= 11 is 1.83. The van der Waals surface area contributed by atoms with E-state index in [1.165, 1.54) is 32.3 Å². The number of quaternary nitrogens is 1. The zero-order valence-electron chi connectivity index (χ0n) is 21.9. The molecule has 0 radical (unpaired) electrons. The standard InChI is InChI=1S/C31H35N3OS/c1-23-20-24(21-31-32(2)28-14-9-10-15-30(28)36-31)27-17-16-26(35-19-11-18-34(3,4)5)22-29(27)33(23)25-12-7-6-8-13-25/h6-10,12-17,20-22H,11,18-19H2,1-5H3/q+2. The van der Waals surface area contributed by atoms with Crippen LogP contribution in [0.25, 0.3) is 22.7 Å². The maximum absolute atomic E-state index is 6.22. The molecule has 0 spiro atoms. The lowest BCUT2D eigenvalue weighted by Gasteiger charge is -2.23. The Labute approximate surface area is 219 Å². The molecule has 0 aliphatic carbocycles. The smallest absolute Gasteiger partial charge is 0.222 e. The summed E-state index contributed by atoms with van der Waals surface area (Å²) in [5.41, 5.74) is 5.97. The number of hydrogen-bond donors (Lipinski definition) is 0. The number of pyridine rings is 1. The van der Waals surface area contributed by atoms with Crippen LogP contribution in [0.1, 0.15) is 17.7 Å². The highest BCUT2D eigenvalue weighted by Gasteiger charge is 2.24. The van der Waals surface area contributed by atoms with Crippen LogP contribution < -0.4 is 14.2 Å². The highest BCUT2D eigenvalue weighted by molar-refractivity contribution is 8.03. The number of ether oxygens (including phenoxy) is 1. The lowest BCUT2D eigenvalue weighted by molar-refractivity contribution is -0.870. The maximum Gasteiger partial charge on any atom is 0.222 e.